The van der Waals surface area contributed by atoms with Gasteiger partial charge in [0.2, 0.25) is 0 Å². The molecule has 0 aliphatic heterocycles. The van der Waals surface area contributed by atoms with Gasteiger partial charge in [-0.25, -0.2) is 13.1 Å². The molecular formula is C13H24N2O2S2. The van der Waals surface area contributed by atoms with Crippen molar-refractivity contribution in [2.24, 2.45) is 0 Å². The Balaban J connectivity index is 2.96. The van der Waals surface area contributed by atoms with Gasteiger partial charge in [0, 0.05) is 17.0 Å². The third-order valence-electron chi connectivity index (χ3n) is 3.09. The van der Waals surface area contributed by atoms with E-state index in [1.54, 1.807) is 6.07 Å². The van der Waals surface area contributed by atoms with E-state index in [-0.39, 0.29) is 0 Å². The van der Waals surface area contributed by atoms with Gasteiger partial charge in [0.25, 0.3) is 10.0 Å². The van der Waals surface area contributed by atoms with Crippen LogP contribution in [0.1, 0.15) is 44.6 Å². The summed E-state index contributed by atoms with van der Waals surface area (Å²) in [6, 6.07) is 1.76. The molecule has 0 unspecified atom stereocenters. The van der Waals surface area contributed by atoms with Gasteiger partial charge in [-0.1, -0.05) is 13.8 Å². The Kier molecular flexibility index (Phi) is 5.55. The lowest BCUT2D eigenvalue weighted by Gasteiger charge is -2.23. The zero-order valence-corrected chi connectivity index (χ0v) is 14.0. The summed E-state index contributed by atoms with van der Waals surface area (Å²) >= 11 is 1.34. The van der Waals surface area contributed by atoms with Crippen molar-refractivity contribution in [3.05, 3.63) is 16.5 Å². The summed E-state index contributed by atoms with van der Waals surface area (Å²) in [5.74, 6) is 0. The first kappa shape index (κ1) is 16.6. The molecule has 1 aromatic rings. The smallest absolute Gasteiger partial charge is 0.250 e. The number of rotatable bonds is 7. The molecule has 0 saturated carbocycles. The first-order valence-electron chi connectivity index (χ1n) is 6.56. The van der Waals surface area contributed by atoms with Crippen molar-refractivity contribution in [2.75, 3.05) is 6.54 Å². The van der Waals surface area contributed by atoms with Crippen molar-refractivity contribution >= 4 is 21.4 Å². The summed E-state index contributed by atoms with van der Waals surface area (Å²) in [5, 5.41) is 3.22. The molecule has 0 aliphatic carbocycles. The van der Waals surface area contributed by atoms with Crippen LogP contribution in [0.3, 0.4) is 0 Å². The summed E-state index contributed by atoms with van der Waals surface area (Å²) in [7, 11) is -3.42. The zero-order valence-electron chi connectivity index (χ0n) is 12.3. The van der Waals surface area contributed by atoms with E-state index in [1.165, 1.54) is 11.3 Å². The van der Waals surface area contributed by atoms with Gasteiger partial charge in [0.05, 0.1) is 0 Å². The lowest BCUT2D eigenvalue weighted by atomic mass is 10.0. The average Bonchev–Trinajstić information content (AvgIpc) is 2.68. The second-order valence-electron chi connectivity index (χ2n) is 5.29. The number of sulfonamides is 1. The maximum absolute atomic E-state index is 12.3. The molecule has 1 rings (SSSR count). The predicted octanol–water partition coefficient (Wildman–Crippen LogP) is 2.63. The van der Waals surface area contributed by atoms with E-state index in [0.717, 1.165) is 30.0 Å². The van der Waals surface area contributed by atoms with Crippen LogP contribution in [0.15, 0.2) is 10.3 Å². The van der Waals surface area contributed by atoms with Gasteiger partial charge in [-0.3, -0.25) is 0 Å². The van der Waals surface area contributed by atoms with Crippen LogP contribution in [-0.2, 0) is 16.6 Å². The minimum atomic E-state index is -3.42. The fraction of sp³-hybridized carbons (Fsp3) is 0.692. The first-order chi connectivity index (χ1) is 8.72. The standard InChI is InChI=1S/C13H24N2O2S2/c1-6-13(4,5)15-19(16,17)12-8-10(3)11(18-12)9-14-7-2/h8,14-15H,6-7,9H2,1-5H3. The number of aryl methyl sites for hydroxylation is 1. The van der Waals surface area contributed by atoms with Crippen LogP contribution in [0.25, 0.3) is 0 Å². The van der Waals surface area contributed by atoms with Gasteiger partial charge in [0.1, 0.15) is 4.21 Å². The van der Waals surface area contributed by atoms with E-state index in [2.05, 4.69) is 10.0 Å². The Hall–Kier alpha value is -0.430. The van der Waals surface area contributed by atoms with E-state index in [1.807, 2.05) is 34.6 Å². The van der Waals surface area contributed by atoms with Gasteiger partial charge in [0.15, 0.2) is 0 Å². The highest BCUT2D eigenvalue weighted by atomic mass is 32.2. The van der Waals surface area contributed by atoms with Gasteiger partial charge in [-0.2, -0.15) is 0 Å². The van der Waals surface area contributed by atoms with Crippen LogP contribution >= 0.6 is 11.3 Å². The van der Waals surface area contributed by atoms with Crippen LogP contribution in [0, 0.1) is 6.92 Å². The van der Waals surface area contributed by atoms with Crippen molar-refractivity contribution in [1.29, 1.82) is 0 Å². The molecule has 0 atom stereocenters. The molecule has 6 heteroatoms. The van der Waals surface area contributed by atoms with Gasteiger partial charge in [-0.15, -0.1) is 11.3 Å². The maximum Gasteiger partial charge on any atom is 0.250 e. The molecule has 1 heterocycles. The second-order valence-corrected chi connectivity index (χ2v) is 8.34. The molecule has 0 saturated heterocycles. The van der Waals surface area contributed by atoms with Crippen LogP contribution in [0.5, 0.6) is 0 Å². The summed E-state index contributed by atoms with van der Waals surface area (Å²) in [4.78, 5) is 1.08. The number of hydrogen-bond donors (Lipinski definition) is 2. The van der Waals surface area contributed by atoms with E-state index < -0.39 is 15.6 Å². The second kappa shape index (κ2) is 6.35. The topological polar surface area (TPSA) is 58.2 Å². The van der Waals surface area contributed by atoms with Gasteiger partial charge in [-0.05, 0) is 45.4 Å². The molecule has 19 heavy (non-hydrogen) atoms. The molecule has 0 aromatic carbocycles. The van der Waals surface area contributed by atoms with E-state index >= 15 is 0 Å². The third kappa shape index (κ3) is 4.56. The minimum absolute atomic E-state index is 0.402. The average molecular weight is 304 g/mol. The van der Waals surface area contributed by atoms with Crippen molar-refractivity contribution in [3.8, 4) is 0 Å². The first-order valence-corrected chi connectivity index (χ1v) is 8.86. The normalized spacial score (nSPS) is 12.9. The van der Waals surface area contributed by atoms with Crippen molar-refractivity contribution in [3.63, 3.8) is 0 Å². The number of hydrogen-bond acceptors (Lipinski definition) is 4. The fourth-order valence-corrected chi connectivity index (χ4v) is 4.56. The van der Waals surface area contributed by atoms with Gasteiger partial charge < -0.3 is 5.32 Å². The highest BCUT2D eigenvalue weighted by Crippen LogP contribution is 2.27. The number of thiophene rings is 1. The molecular weight excluding hydrogens is 280 g/mol. The van der Waals surface area contributed by atoms with E-state index in [0.29, 0.717) is 4.21 Å². The van der Waals surface area contributed by atoms with Crippen LogP contribution in [0.2, 0.25) is 0 Å². The molecule has 0 radical (unpaired) electrons. The summed E-state index contributed by atoms with van der Waals surface area (Å²) in [6.07, 6.45) is 0.751. The third-order valence-corrected chi connectivity index (χ3v) is 6.50. The summed E-state index contributed by atoms with van der Waals surface area (Å²) in [5.41, 5.74) is 0.610. The molecule has 0 aliphatic rings. The van der Waals surface area contributed by atoms with Crippen molar-refractivity contribution in [2.45, 2.75) is 57.3 Å². The molecule has 4 nitrogen and oxygen atoms in total. The van der Waals surface area contributed by atoms with Crippen LogP contribution < -0.4 is 10.0 Å². The SMILES string of the molecule is CCNCc1sc(S(=O)(=O)NC(C)(C)CC)cc1C. The molecule has 0 fully saturated rings. The van der Waals surface area contributed by atoms with E-state index in [9.17, 15) is 8.42 Å². The molecule has 0 amide bonds. The Morgan fingerprint density at radius 1 is 1.32 bits per heavy atom. The molecule has 0 spiro atoms. The van der Waals surface area contributed by atoms with Crippen molar-refractivity contribution in [1.82, 2.24) is 10.0 Å². The molecule has 1 aromatic heterocycles. The summed E-state index contributed by atoms with van der Waals surface area (Å²) < 4.78 is 27.8. The van der Waals surface area contributed by atoms with Crippen LogP contribution in [-0.4, -0.2) is 20.5 Å². The highest BCUT2D eigenvalue weighted by Gasteiger charge is 2.26. The quantitative estimate of drug-likeness (QED) is 0.814. The number of nitrogens with one attached hydrogen (secondary N) is 2. The van der Waals surface area contributed by atoms with Crippen LogP contribution in [0.4, 0.5) is 0 Å². The Morgan fingerprint density at radius 3 is 2.47 bits per heavy atom. The molecule has 2 N–H and O–H groups in total. The Bertz CT molecular complexity index is 519. The zero-order chi connectivity index (χ0) is 14.7. The Labute approximate surface area is 120 Å². The van der Waals surface area contributed by atoms with E-state index in [4.69, 9.17) is 0 Å². The minimum Gasteiger partial charge on any atom is -0.312 e. The molecule has 110 valence electrons. The lowest BCUT2D eigenvalue weighted by molar-refractivity contribution is 0.440. The fourth-order valence-electron chi connectivity index (χ4n) is 1.52. The Morgan fingerprint density at radius 2 is 1.95 bits per heavy atom. The summed E-state index contributed by atoms with van der Waals surface area (Å²) in [6.45, 7) is 11.3. The van der Waals surface area contributed by atoms with Crippen molar-refractivity contribution < 1.29 is 8.42 Å². The largest absolute Gasteiger partial charge is 0.312 e. The monoisotopic (exact) mass is 304 g/mol. The van der Waals surface area contributed by atoms with Gasteiger partial charge >= 0.3 is 0 Å². The lowest BCUT2D eigenvalue weighted by Crippen LogP contribution is -2.42. The maximum atomic E-state index is 12.3. The highest BCUT2D eigenvalue weighted by molar-refractivity contribution is 7.91. The predicted molar refractivity (Wildman–Crippen MR) is 81.1 cm³/mol. The molecule has 0 bridgehead atoms.